The van der Waals surface area contributed by atoms with Crippen molar-refractivity contribution in [2.24, 2.45) is 0 Å². The Balaban J connectivity index is 2.60. The van der Waals surface area contributed by atoms with Crippen LogP contribution in [-0.4, -0.2) is 29.6 Å². The van der Waals surface area contributed by atoms with E-state index >= 15 is 0 Å². The Morgan fingerprint density at radius 3 is 2.72 bits per heavy atom. The average Bonchev–Trinajstić information content (AvgIpc) is 2.76. The number of rotatable bonds is 6. The second-order valence-corrected chi connectivity index (χ2v) is 5.02. The van der Waals surface area contributed by atoms with Crippen molar-refractivity contribution in [3.63, 3.8) is 0 Å². The molecule has 1 aromatic rings. The van der Waals surface area contributed by atoms with Crippen LogP contribution >= 0.6 is 11.3 Å². The number of anilines is 1. The van der Waals surface area contributed by atoms with Crippen molar-refractivity contribution in [3.05, 3.63) is 17.0 Å². The minimum atomic E-state index is -0.170. The zero-order valence-corrected chi connectivity index (χ0v) is 11.3. The first kappa shape index (κ1) is 14.7. The molecule has 1 rings (SSSR count). The van der Waals surface area contributed by atoms with Crippen LogP contribution in [0, 0.1) is 0 Å². The molecule has 0 aliphatic heterocycles. The fraction of sp³-hybridized carbons (Fsp3) is 0.500. The second kappa shape index (κ2) is 7.13. The summed E-state index contributed by atoms with van der Waals surface area (Å²) in [6.07, 6.45) is 1.32. The van der Waals surface area contributed by atoms with Crippen LogP contribution in [0.4, 0.5) is 5.00 Å². The van der Waals surface area contributed by atoms with Gasteiger partial charge in [0.25, 0.3) is 5.91 Å². The smallest absolute Gasteiger partial charge is 0.261 e. The zero-order valence-electron chi connectivity index (χ0n) is 10.5. The lowest BCUT2D eigenvalue weighted by Gasteiger charge is -2.14. The summed E-state index contributed by atoms with van der Waals surface area (Å²) in [5.41, 5.74) is 0. The van der Waals surface area contributed by atoms with Gasteiger partial charge >= 0.3 is 0 Å². The number of carbonyl (C=O) groups excluding carboxylic acids is 2. The van der Waals surface area contributed by atoms with Gasteiger partial charge in [-0.25, -0.2) is 0 Å². The topological polar surface area (TPSA) is 78.4 Å². The highest BCUT2D eigenvalue weighted by Gasteiger charge is 2.14. The number of hydrogen-bond donors (Lipinski definition) is 3. The van der Waals surface area contributed by atoms with Crippen molar-refractivity contribution in [2.45, 2.75) is 32.7 Å². The molecule has 18 heavy (non-hydrogen) atoms. The number of nitrogens with one attached hydrogen (secondary N) is 2. The minimum Gasteiger partial charge on any atom is -0.396 e. The van der Waals surface area contributed by atoms with Crippen LogP contribution in [0.2, 0.25) is 0 Å². The maximum absolute atomic E-state index is 11.9. The van der Waals surface area contributed by atoms with Crippen molar-refractivity contribution in [2.75, 3.05) is 11.9 Å². The largest absolute Gasteiger partial charge is 0.396 e. The number of carbonyl (C=O) groups is 2. The summed E-state index contributed by atoms with van der Waals surface area (Å²) in [6, 6.07) is 3.36. The molecule has 0 aliphatic rings. The maximum atomic E-state index is 11.9. The standard InChI is InChI=1S/C12H18N2O3S/c1-3-9(6-7-15)14-12(17)10-4-5-11(18-10)13-8(2)16/h4-5,9,15H,3,6-7H2,1-2H3,(H,13,16)(H,14,17). The van der Waals surface area contributed by atoms with Crippen LogP contribution in [0.3, 0.4) is 0 Å². The van der Waals surface area contributed by atoms with Gasteiger partial charge in [-0.2, -0.15) is 0 Å². The van der Waals surface area contributed by atoms with Gasteiger partial charge in [0.05, 0.1) is 9.88 Å². The van der Waals surface area contributed by atoms with E-state index in [2.05, 4.69) is 10.6 Å². The van der Waals surface area contributed by atoms with Crippen LogP contribution in [-0.2, 0) is 4.79 Å². The molecule has 2 amide bonds. The number of amides is 2. The van der Waals surface area contributed by atoms with E-state index in [0.717, 1.165) is 6.42 Å². The molecule has 3 N–H and O–H groups in total. The Hall–Kier alpha value is -1.40. The monoisotopic (exact) mass is 270 g/mol. The molecule has 1 heterocycles. The summed E-state index contributed by atoms with van der Waals surface area (Å²) >= 11 is 1.23. The van der Waals surface area contributed by atoms with Crippen LogP contribution in [0.5, 0.6) is 0 Å². The first-order valence-corrected chi connectivity index (χ1v) is 6.67. The highest BCUT2D eigenvalue weighted by molar-refractivity contribution is 7.18. The van der Waals surface area contributed by atoms with Crippen LogP contribution in [0.1, 0.15) is 36.4 Å². The Labute approximate surface area is 110 Å². The molecule has 0 bridgehead atoms. The van der Waals surface area contributed by atoms with Gasteiger partial charge in [-0.1, -0.05) is 6.92 Å². The fourth-order valence-corrected chi connectivity index (χ4v) is 2.35. The van der Waals surface area contributed by atoms with E-state index in [-0.39, 0.29) is 24.5 Å². The molecule has 0 aliphatic carbocycles. The van der Waals surface area contributed by atoms with Gasteiger partial charge in [-0.15, -0.1) is 11.3 Å². The summed E-state index contributed by atoms with van der Waals surface area (Å²) in [7, 11) is 0. The van der Waals surface area contributed by atoms with E-state index in [1.165, 1.54) is 18.3 Å². The van der Waals surface area contributed by atoms with Crippen molar-refractivity contribution in [1.29, 1.82) is 0 Å². The lowest BCUT2D eigenvalue weighted by molar-refractivity contribution is -0.114. The molecular formula is C12H18N2O3S. The van der Waals surface area contributed by atoms with E-state index in [1.54, 1.807) is 12.1 Å². The molecule has 0 fully saturated rings. The Morgan fingerprint density at radius 1 is 1.44 bits per heavy atom. The Morgan fingerprint density at radius 2 is 2.17 bits per heavy atom. The van der Waals surface area contributed by atoms with Gasteiger partial charge in [-0.3, -0.25) is 9.59 Å². The predicted octanol–water partition coefficient (Wildman–Crippen LogP) is 1.60. The molecule has 1 unspecified atom stereocenters. The highest BCUT2D eigenvalue weighted by atomic mass is 32.1. The summed E-state index contributed by atoms with van der Waals surface area (Å²) < 4.78 is 0. The zero-order chi connectivity index (χ0) is 13.5. The summed E-state index contributed by atoms with van der Waals surface area (Å²) in [5, 5.41) is 15.0. The van der Waals surface area contributed by atoms with E-state index < -0.39 is 0 Å². The third-order valence-electron chi connectivity index (χ3n) is 2.43. The van der Waals surface area contributed by atoms with Crippen molar-refractivity contribution >= 4 is 28.2 Å². The lowest BCUT2D eigenvalue weighted by atomic mass is 10.1. The first-order valence-electron chi connectivity index (χ1n) is 5.86. The van der Waals surface area contributed by atoms with Crippen molar-refractivity contribution in [3.8, 4) is 0 Å². The predicted molar refractivity (Wildman–Crippen MR) is 71.9 cm³/mol. The second-order valence-electron chi connectivity index (χ2n) is 3.94. The first-order chi connectivity index (χ1) is 8.56. The molecule has 1 atom stereocenters. The summed E-state index contributed by atoms with van der Waals surface area (Å²) in [6.45, 7) is 3.44. The van der Waals surface area contributed by atoms with Gasteiger partial charge in [0.15, 0.2) is 0 Å². The molecule has 0 radical (unpaired) electrons. The molecule has 1 aromatic heterocycles. The summed E-state index contributed by atoms with van der Waals surface area (Å²) in [4.78, 5) is 23.3. The Kier molecular flexibility index (Phi) is 5.80. The van der Waals surface area contributed by atoms with Gasteiger partial charge in [-0.05, 0) is 25.0 Å². The van der Waals surface area contributed by atoms with Crippen molar-refractivity contribution in [1.82, 2.24) is 5.32 Å². The molecule has 0 aromatic carbocycles. The molecule has 100 valence electrons. The average molecular weight is 270 g/mol. The lowest BCUT2D eigenvalue weighted by Crippen LogP contribution is -2.34. The van der Waals surface area contributed by atoms with Gasteiger partial charge in [0.2, 0.25) is 5.91 Å². The maximum Gasteiger partial charge on any atom is 0.261 e. The highest BCUT2D eigenvalue weighted by Crippen LogP contribution is 2.21. The van der Waals surface area contributed by atoms with Gasteiger partial charge in [0.1, 0.15) is 0 Å². The number of aliphatic hydroxyl groups is 1. The minimum absolute atomic E-state index is 0.0196. The third-order valence-corrected chi connectivity index (χ3v) is 3.43. The molecular weight excluding hydrogens is 252 g/mol. The molecule has 0 spiro atoms. The van der Waals surface area contributed by atoms with E-state index in [4.69, 9.17) is 5.11 Å². The van der Waals surface area contributed by atoms with Crippen LogP contribution in [0.25, 0.3) is 0 Å². The van der Waals surface area contributed by atoms with Gasteiger partial charge < -0.3 is 15.7 Å². The number of thiophene rings is 1. The third kappa shape index (κ3) is 4.46. The van der Waals surface area contributed by atoms with E-state index in [0.29, 0.717) is 16.3 Å². The van der Waals surface area contributed by atoms with Crippen LogP contribution < -0.4 is 10.6 Å². The Bertz CT molecular complexity index is 417. The van der Waals surface area contributed by atoms with Crippen molar-refractivity contribution < 1.29 is 14.7 Å². The van der Waals surface area contributed by atoms with E-state index in [9.17, 15) is 9.59 Å². The van der Waals surface area contributed by atoms with Gasteiger partial charge in [0, 0.05) is 19.6 Å². The molecule has 6 heteroatoms. The number of aliphatic hydroxyl groups excluding tert-OH is 1. The SMILES string of the molecule is CCC(CCO)NC(=O)c1ccc(NC(C)=O)s1. The molecule has 0 saturated carbocycles. The summed E-state index contributed by atoms with van der Waals surface area (Å²) in [5.74, 6) is -0.326. The normalized spacial score (nSPS) is 11.9. The molecule has 0 saturated heterocycles. The number of hydrogen-bond acceptors (Lipinski definition) is 4. The van der Waals surface area contributed by atoms with E-state index in [1.807, 2.05) is 6.92 Å². The van der Waals surface area contributed by atoms with Crippen LogP contribution in [0.15, 0.2) is 12.1 Å². The quantitative estimate of drug-likeness (QED) is 0.734. The fourth-order valence-electron chi connectivity index (χ4n) is 1.49. The molecule has 5 nitrogen and oxygen atoms in total.